The highest BCUT2D eigenvalue weighted by Crippen LogP contribution is 2.18. The molecule has 2 rings (SSSR count). The maximum atomic E-state index is 12.0. The normalized spacial score (nSPS) is 17.8. The second-order valence-corrected chi connectivity index (χ2v) is 6.82. The highest BCUT2D eigenvalue weighted by atomic mass is 16.5. The number of guanidine groups is 1. The molecule has 0 aliphatic carbocycles. The van der Waals surface area contributed by atoms with Crippen molar-refractivity contribution in [2.75, 3.05) is 52.3 Å². The predicted molar refractivity (Wildman–Crippen MR) is 107 cm³/mol. The van der Waals surface area contributed by atoms with Crippen molar-refractivity contribution in [3.8, 4) is 0 Å². The first-order chi connectivity index (χ1) is 12.5. The molecule has 6 nitrogen and oxygen atoms in total. The van der Waals surface area contributed by atoms with Gasteiger partial charge in [0.25, 0.3) is 0 Å². The fourth-order valence-corrected chi connectivity index (χ4v) is 3.23. The molecule has 0 radical (unpaired) electrons. The summed E-state index contributed by atoms with van der Waals surface area (Å²) < 4.78 is 5.18. The standard InChI is InChI=1S/C20H32N4O2/c1-5-26-19(25)17-7-6-14-24(15-17)20(21-2)22-13-12-16-8-10-18(11-9-16)23(3)4/h8-11,17H,5-7,12-15H2,1-4H3,(H,21,22). The van der Waals surface area contributed by atoms with Gasteiger partial charge in [0.2, 0.25) is 0 Å². The number of benzene rings is 1. The lowest BCUT2D eigenvalue weighted by Crippen LogP contribution is -2.48. The van der Waals surface area contributed by atoms with Crippen molar-refractivity contribution in [3.05, 3.63) is 29.8 Å². The summed E-state index contributed by atoms with van der Waals surface area (Å²) in [5.41, 5.74) is 2.50. The van der Waals surface area contributed by atoms with E-state index in [0.717, 1.165) is 38.3 Å². The maximum Gasteiger partial charge on any atom is 0.310 e. The molecule has 1 aromatic rings. The molecular weight excluding hydrogens is 328 g/mol. The molecule has 0 spiro atoms. The van der Waals surface area contributed by atoms with Crippen LogP contribution in [0.4, 0.5) is 5.69 Å². The fraction of sp³-hybridized carbons (Fsp3) is 0.600. The van der Waals surface area contributed by atoms with Crippen LogP contribution < -0.4 is 10.2 Å². The van der Waals surface area contributed by atoms with Crippen LogP contribution in [0.2, 0.25) is 0 Å². The van der Waals surface area contributed by atoms with Crippen molar-refractivity contribution >= 4 is 17.6 Å². The Hall–Kier alpha value is -2.24. The molecular formula is C20H32N4O2. The number of nitrogens with zero attached hydrogens (tertiary/aromatic N) is 3. The van der Waals surface area contributed by atoms with Crippen molar-refractivity contribution in [1.29, 1.82) is 0 Å². The molecule has 1 aliphatic rings. The first-order valence-corrected chi connectivity index (χ1v) is 9.43. The second-order valence-electron chi connectivity index (χ2n) is 6.82. The number of carbonyl (C=O) groups excluding carboxylic acids is 1. The van der Waals surface area contributed by atoms with Crippen LogP contribution in [0.3, 0.4) is 0 Å². The topological polar surface area (TPSA) is 57.2 Å². The van der Waals surface area contributed by atoms with Gasteiger partial charge in [0.15, 0.2) is 5.96 Å². The molecule has 1 atom stereocenters. The summed E-state index contributed by atoms with van der Waals surface area (Å²) >= 11 is 0. The number of esters is 1. The van der Waals surface area contributed by atoms with Crippen LogP contribution in [-0.4, -0.2) is 64.2 Å². The van der Waals surface area contributed by atoms with E-state index >= 15 is 0 Å². The highest BCUT2D eigenvalue weighted by molar-refractivity contribution is 5.81. The molecule has 0 bridgehead atoms. The summed E-state index contributed by atoms with van der Waals surface area (Å²) in [5.74, 6) is 0.721. The lowest BCUT2D eigenvalue weighted by Gasteiger charge is -2.34. The molecule has 144 valence electrons. The van der Waals surface area contributed by atoms with E-state index in [9.17, 15) is 4.79 Å². The largest absolute Gasteiger partial charge is 0.466 e. The number of ether oxygens (including phenoxy) is 1. The molecule has 1 unspecified atom stereocenters. The molecule has 1 aromatic carbocycles. The number of carbonyl (C=O) groups is 1. The molecule has 1 N–H and O–H groups in total. The number of anilines is 1. The van der Waals surface area contributed by atoms with Crippen molar-refractivity contribution in [1.82, 2.24) is 10.2 Å². The van der Waals surface area contributed by atoms with Crippen molar-refractivity contribution in [2.24, 2.45) is 10.9 Å². The Morgan fingerprint density at radius 3 is 2.69 bits per heavy atom. The van der Waals surface area contributed by atoms with Crippen LogP contribution in [0.25, 0.3) is 0 Å². The molecule has 26 heavy (non-hydrogen) atoms. The van der Waals surface area contributed by atoms with Crippen molar-refractivity contribution in [2.45, 2.75) is 26.2 Å². The third kappa shape index (κ3) is 5.64. The zero-order valence-electron chi connectivity index (χ0n) is 16.5. The van der Waals surface area contributed by atoms with E-state index in [2.05, 4.69) is 44.4 Å². The van der Waals surface area contributed by atoms with Crippen LogP contribution in [0.1, 0.15) is 25.3 Å². The maximum absolute atomic E-state index is 12.0. The SMILES string of the molecule is CCOC(=O)C1CCCN(C(=NC)NCCc2ccc(N(C)C)cc2)C1. The van der Waals surface area contributed by atoms with Crippen LogP contribution in [0, 0.1) is 5.92 Å². The number of hydrogen-bond donors (Lipinski definition) is 1. The van der Waals surface area contributed by atoms with Crippen LogP contribution in [-0.2, 0) is 16.0 Å². The van der Waals surface area contributed by atoms with E-state index in [-0.39, 0.29) is 11.9 Å². The van der Waals surface area contributed by atoms with E-state index in [1.165, 1.54) is 11.3 Å². The molecule has 0 aromatic heterocycles. The Labute approximate surface area is 157 Å². The van der Waals surface area contributed by atoms with E-state index in [0.29, 0.717) is 13.2 Å². The lowest BCUT2D eigenvalue weighted by atomic mass is 9.98. The first-order valence-electron chi connectivity index (χ1n) is 9.43. The molecule has 1 aliphatic heterocycles. The van der Waals surface area contributed by atoms with Gasteiger partial charge in [-0.05, 0) is 43.9 Å². The number of likely N-dealkylation sites (tertiary alicyclic amines) is 1. The van der Waals surface area contributed by atoms with Gasteiger partial charge in [-0.1, -0.05) is 12.1 Å². The van der Waals surface area contributed by atoms with Crippen molar-refractivity contribution in [3.63, 3.8) is 0 Å². The number of rotatable bonds is 6. The lowest BCUT2D eigenvalue weighted by molar-refractivity contribution is -0.149. The molecule has 6 heteroatoms. The zero-order chi connectivity index (χ0) is 18.9. The van der Waals surface area contributed by atoms with Crippen LogP contribution >= 0.6 is 0 Å². The summed E-state index contributed by atoms with van der Waals surface area (Å²) in [6.07, 6.45) is 2.81. The fourth-order valence-electron chi connectivity index (χ4n) is 3.23. The number of nitrogens with one attached hydrogen (secondary N) is 1. The summed E-state index contributed by atoms with van der Waals surface area (Å²) in [6, 6.07) is 8.60. The minimum absolute atomic E-state index is 0.0548. The van der Waals surface area contributed by atoms with Gasteiger partial charge in [0.1, 0.15) is 0 Å². The Morgan fingerprint density at radius 2 is 2.08 bits per heavy atom. The van der Waals surface area contributed by atoms with Gasteiger partial charge in [-0.2, -0.15) is 0 Å². The summed E-state index contributed by atoms with van der Waals surface area (Å²) in [4.78, 5) is 20.7. The van der Waals surface area contributed by atoms with E-state index in [4.69, 9.17) is 4.74 Å². The third-order valence-electron chi connectivity index (χ3n) is 4.70. The smallest absolute Gasteiger partial charge is 0.310 e. The van der Waals surface area contributed by atoms with Gasteiger partial charge in [0.05, 0.1) is 12.5 Å². The van der Waals surface area contributed by atoms with E-state index in [1.54, 1.807) is 7.05 Å². The van der Waals surface area contributed by atoms with Gasteiger partial charge in [-0.25, -0.2) is 0 Å². The Balaban J connectivity index is 1.84. The summed E-state index contributed by atoms with van der Waals surface area (Å²) in [5, 5.41) is 3.43. The minimum atomic E-state index is -0.0892. The van der Waals surface area contributed by atoms with Gasteiger partial charge < -0.3 is 19.9 Å². The Kier molecular flexibility index (Phi) is 7.75. The van der Waals surface area contributed by atoms with Gasteiger partial charge in [-0.3, -0.25) is 9.79 Å². The number of piperidine rings is 1. The van der Waals surface area contributed by atoms with Crippen LogP contribution in [0.15, 0.2) is 29.3 Å². The Bertz CT molecular complexity index is 598. The van der Waals surface area contributed by atoms with E-state index in [1.807, 2.05) is 21.0 Å². The Morgan fingerprint density at radius 1 is 1.35 bits per heavy atom. The third-order valence-corrected chi connectivity index (χ3v) is 4.70. The molecule has 1 heterocycles. The quantitative estimate of drug-likeness (QED) is 0.479. The average Bonchev–Trinajstić information content (AvgIpc) is 2.66. The highest BCUT2D eigenvalue weighted by Gasteiger charge is 2.28. The van der Waals surface area contributed by atoms with Crippen molar-refractivity contribution < 1.29 is 9.53 Å². The molecule has 0 amide bonds. The van der Waals surface area contributed by atoms with Gasteiger partial charge in [-0.15, -0.1) is 0 Å². The van der Waals surface area contributed by atoms with Gasteiger partial charge >= 0.3 is 5.97 Å². The monoisotopic (exact) mass is 360 g/mol. The zero-order valence-corrected chi connectivity index (χ0v) is 16.5. The number of hydrogen-bond acceptors (Lipinski definition) is 4. The molecule has 1 saturated heterocycles. The molecule has 1 fully saturated rings. The van der Waals surface area contributed by atoms with Crippen LogP contribution in [0.5, 0.6) is 0 Å². The predicted octanol–water partition coefficient (Wildman–Crippen LogP) is 2.15. The van der Waals surface area contributed by atoms with Gasteiger partial charge in [0, 0.05) is 46.5 Å². The summed E-state index contributed by atoms with van der Waals surface area (Å²) in [6.45, 7) is 4.71. The first kappa shape index (κ1) is 20.1. The minimum Gasteiger partial charge on any atom is -0.466 e. The summed E-state index contributed by atoms with van der Waals surface area (Å²) in [7, 11) is 5.88. The number of aliphatic imine (C=N–C) groups is 1. The molecule has 0 saturated carbocycles. The average molecular weight is 361 g/mol. The van der Waals surface area contributed by atoms with E-state index < -0.39 is 0 Å². The second kappa shape index (κ2) is 10.0.